The van der Waals surface area contributed by atoms with E-state index in [0.717, 1.165) is 32.5 Å². The number of rotatable bonds is 4. The van der Waals surface area contributed by atoms with Crippen LogP contribution < -0.4 is 5.32 Å². The van der Waals surface area contributed by atoms with Crippen molar-refractivity contribution < 1.29 is 32.6 Å². The third-order valence-electron chi connectivity index (χ3n) is 5.09. The first-order valence-corrected chi connectivity index (χ1v) is 9.87. The number of alkyl halides is 3. The number of carboxylic acid groups (broad SMARTS) is 1. The molecule has 172 valence electrons. The van der Waals surface area contributed by atoms with Crippen molar-refractivity contribution in [1.29, 1.82) is 0 Å². The Labute approximate surface area is 181 Å². The molecule has 0 spiro atoms. The Hall–Kier alpha value is -3.12. The minimum Gasteiger partial charge on any atom is -0.475 e. The van der Waals surface area contributed by atoms with Crippen LogP contribution in [0.15, 0.2) is 43.1 Å². The number of aromatic nitrogens is 3. The Balaban J connectivity index is 0.000000360. The predicted molar refractivity (Wildman–Crippen MR) is 104 cm³/mol. The number of aliphatic carboxylic acids is 1. The summed E-state index contributed by atoms with van der Waals surface area (Å²) < 4.78 is 37.7. The molecule has 4 heterocycles. The number of carbonyl (C=O) groups excluding carboxylic acids is 1. The van der Waals surface area contributed by atoms with Crippen molar-refractivity contribution in [3.05, 3.63) is 54.4 Å². The molecule has 4 rings (SSSR count). The Bertz CT molecular complexity index is 901. The molecule has 9 nitrogen and oxygen atoms in total. The number of fused-ring (bicyclic) bond motifs is 1. The maximum absolute atomic E-state index is 12.4. The van der Waals surface area contributed by atoms with Crippen LogP contribution in [0, 0.1) is 0 Å². The van der Waals surface area contributed by atoms with Crippen molar-refractivity contribution in [1.82, 2.24) is 25.2 Å². The third kappa shape index (κ3) is 6.20. The Morgan fingerprint density at radius 3 is 2.59 bits per heavy atom. The maximum atomic E-state index is 12.4. The number of halogens is 3. The molecule has 0 unspecified atom stereocenters. The van der Waals surface area contributed by atoms with Gasteiger partial charge in [0.15, 0.2) is 0 Å². The van der Waals surface area contributed by atoms with Crippen LogP contribution in [0.5, 0.6) is 0 Å². The fourth-order valence-electron chi connectivity index (χ4n) is 3.75. The number of nitrogens with zero attached hydrogens (tertiary/aromatic N) is 4. The number of nitrogens with one attached hydrogen (secondary N) is 1. The minimum atomic E-state index is -5.08. The molecule has 0 aromatic carbocycles. The fraction of sp³-hybridized carbons (Fsp3) is 0.450. The summed E-state index contributed by atoms with van der Waals surface area (Å²) in [6.45, 7) is 2.32. The molecule has 0 radical (unpaired) electrons. The molecular formula is C20H22F3N5O4. The molecular weight excluding hydrogens is 431 g/mol. The van der Waals surface area contributed by atoms with E-state index in [9.17, 15) is 18.0 Å². The monoisotopic (exact) mass is 453 g/mol. The molecule has 32 heavy (non-hydrogen) atoms. The average Bonchev–Trinajstić information content (AvgIpc) is 3.12. The second-order valence-electron chi connectivity index (χ2n) is 7.31. The molecule has 2 aromatic rings. The molecule has 0 saturated carbocycles. The molecule has 2 N–H and O–H groups in total. The van der Waals surface area contributed by atoms with Gasteiger partial charge in [0.05, 0.1) is 18.3 Å². The van der Waals surface area contributed by atoms with Crippen LogP contribution in [0.4, 0.5) is 13.2 Å². The van der Waals surface area contributed by atoms with Crippen LogP contribution >= 0.6 is 0 Å². The smallest absolute Gasteiger partial charge is 0.475 e. The van der Waals surface area contributed by atoms with Crippen LogP contribution in [0.25, 0.3) is 0 Å². The summed E-state index contributed by atoms with van der Waals surface area (Å²) >= 11 is 0. The summed E-state index contributed by atoms with van der Waals surface area (Å²) in [6, 6.07) is 4.31. The highest BCUT2D eigenvalue weighted by atomic mass is 19.4. The number of hydrogen-bond donors (Lipinski definition) is 2. The summed E-state index contributed by atoms with van der Waals surface area (Å²) in [4.78, 5) is 36.0. The van der Waals surface area contributed by atoms with Gasteiger partial charge in [-0.25, -0.2) is 9.78 Å². The molecule has 2 aliphatic rings. The zero-order chi connectivity index (χ0) is 23.1. The number of amides is 1. The lowest BCUT2D eigenvalue weighted by atomic mass is 10.0. The summed E-state index contributed by atoms with van der Waals surface area (Å²) in [7, 11) is 0. The first kappa shape index (κ1) is 23.5. The molecule has 0 bridgehead atoms. The Morgan fingerprint density at radius 2 is 1.97 bits per heavy atom. The van der Waals surface area contributed by atoms with Gasteiger partial charge in [0.2, 0.25) is 0 Å². The number of hydrogen-bond acceptors (Lipinski definition) is 7. The van der Waals surface area contributed by atoms with E-state index in [1.807, 2.05) is 12.3 Å². The van der Waals surface area contributed by atoms with E-state index in [-0.39, 0.29) is 18.1 Å². The minimum absolute atomic E-state index is 0.0195. The van der Waals surface area contributed by atoms with Crippen molar-refractivity contribution in [3.63, 3.8) is 0 Å². The van der Waals surface area contributed by atoms with Crippen molar-refractivity contribution in [2.24, 2.45) is 0 Å². The van der Waals surface area contributed by atoms with Crippen LogP contribution in [0.1, 0.15) is 28.9 Å². The first-order valence-electron chi connectivity index (χ1n) is 9.87. The van der Waals surface area contributed by atoms with Gasteiger partial charge in [-0.3, -0.25) is 19.7 Å². The van der Waals surface area contributed by atoms with Gasteiger partial charge >= 0.3 is 12.1 Å². The lowest BCUT2D eigenvalue weighted by Crippen LogP contribution is -2.47. The highest BCUT2D eigenvalue weighted by Gasteiger charge is 2.44. The molecule has 2 aliphatic heterocycles. The largest absolute Gasteiger partial charge is 0.490 e. The quantitative estimate of drug-likeness (QED) is 0.718. The maximum Gasteiger partial charge on any atom is 0.490 e. The van der Waals surface area contributed by atoms with Crippen LogP contribution in [0.3, 0.4) is 0 Å². The van der Waals surface area contributed by atoms with Crippen molar-refractivity contribution in [3.8, 4) is 0 Å². The predicted octanol–water partition coefficient (Wildman–Crippen LogP) is 1.67. The summed E-state index contributed by atoms with van der Waals surface area (Å²) in [5.74, 6) is -2.96. The van der Waals surface area contributed by atoms with Crippen LogP contribution in [-0.4, -0.2) is 74.4 Å². The van der Waals surface area contributed by atoms with E-state index in [1.165, 1.54) is 18.0 Å². The van der Waals surface area contributed by atoms with Crippen LogP contribution in [-0.2, 0) is 16.1 Å². The molecule has 2 saturated heterocycles. The SMILES string of the molecule is O=C(N[C@H]1CN(Cc2cccnc2)[C@@H]2CCCO[C@H]12)c1cnccn1.O=C(O)C(F)(F)F. The lowest BCUT2D eigenvalue weighted by molar-refractivity contribution is -0.192. The van der Waals surface area contributed by atoms with E-state index in [4.69, 9.17) is 14.6 Å². The van der Waals surface area contributed by atoms with Crippen molar-refractivity contribution in [2.75, 3.05) is 13.2 Å². The number of ether oxygens (including phenoxy) is 1. The molecule has 1 amide bonds. The lowest BCUT2D eigenvalue weighted by Gasteiger charge is -2.32. The summed E-state index contributed by atoms with van der Waals surface area (Å²) in [5, 5.41) is 10.2. The second-order valence-corrected chi connectivity index (χ2v) is 7.31. The zero-order valence-corrected chi connectivity index (χ0v) is 16.9. The van der Waals surface area contributed by atoms with E-state index >= 15 is 0 Å². The first-order chi connectivity index (χ1) is 15.3. The third-order valence-corrected chi connectivity index (χ3v) is 5.09. The Morgan fingerprint density at radius 1 is 1.22 bits per heavy atom. The number of likely N-dealkylation sites (tertiary alicyclic amines) is 1. The van der Waals surface area contributed by atoms with Crippen molar-refractivity contribution in [2.45, 2.75) is 43.8 Å². The number of carbonyl (C=O) groups is 2. The molecule has 2 aromatic heterocycles. The van der Waals surface area contributed by atoms with Crippen LogP contribution in [0.2, 0.25) is 0 Å². The van der Waals surface area contributed by atoms with Gasteiger partial charge in [0, 0.05) is 50.5 Å². The standard InChI is InChI=1S/C18H21N5O2.C2HF3O2/c24-18(14-10-20-6-7-21-14)22-15-12-23(11-13-3-1-5-19-9-13)16-4-2-8-25-17(15)16;3-2(4,5)1(6)7/h1,3,5-7,9-10,15-17H,2,4,8,11-12H2,(H,22,24);(H,6,7)/t15-,16+,17+;/m0./s1. The number of carboxylic acids is 1. The summed E-state index contributed by atoms with van der Waals surface area (Å²) in [6.07, 6.45) is 5.31. The van der Waals surface area contributed by atoms with Gasteiger partial charge in [-0.1, -0.05) is 6.07 Å². The van der Waals surface area contributed by atoms with Gasteiger partial charge in [-0.2, -0.15) is 13.2 Å². The van der Waals surface area contributed by atoms with E-state index < -0.39 is 12.1 Å². The van der Waals surface area contributed by atoms with Crippen molar-refractivity contribution >= 4 is 11.9 Å². The van der Waals surface area contributed by atoms with E-state index in [2.05, 4.69) is 31.2 Å². The Kier molecular flexibility index (Phi) is 7.70. The van der Waals surface area contributed by atoms with Gasteiger partial charge in [-0.15, -0.1) is 0 Å². The average molecular weight is 453 g/mol. The zero-order valence-electron chi connectivity index (χ0n) is 16.9. The highest BCUT2D eigenvalue weighted by Crippen LogP contribution is 2.30. The normalized spacial score (nSPS) is 22.9. The van der Waals surface area contributed by atoms with Gasteiger partial charge in [0.25, 0.3) is 5.91 Å². The summed E-state index contributed by atoms with van der Waals surface area (Å²) in [5.41, 5.74) is 1.51. The fourth-order valence-corrected chi connectivity index (χ4v) is 3.75. The molecule has 3 atom stereocenters. The molecule has 0 aliphatic carbocycles. The highest BCUT2D eigenvalue weighted by molar-refractivity contribution is 5.92. The number of pyridine rings is 1. The van der Waals surface area contributed by atoms with E-state index in [1.54, 1.807) is 12.4 Å². The van der Waals surface area contributed by atoms with E-state index in [0.29, 0.717) is 11.7 Å². The second kappa shape index (κ2) is 10.5. The van der Waals surface area contributed by atoms with Gasteiger partial charge in [0.1, 0.15) is 5.69 Å². The van der Waals surface area contributed by atoms with Gasteiger partial charge in [-0.05, 0) is 24.5 Å². The topological polar surface area (TPSA) is 118 Å². The molecule has 12 heteroatoms. The molecule has 2 fully saturated rings. The van der Waals surface area contributed by atoms with Gasteiger partial charge < -0.3 is 15.2 Å².